The number of alkyl halides is 3. The van der Waals surface area contributed by atoms with E-state index in [0.717, 1.165) is 24.3 Å². The predicted octanol–water partition coefficient (Wildman–Crippen LogP) is 3.59. The number of hydrogen-bond acceptors (Lipinski definition) is 4. The third-order valence-electron chi connectivity index (χ3n) is 2.89. The second kappa shape index (κ2) is 6.52. The maximum atomic E-state index is 12.3. The van der Waals surface area contributed by atoms with Crippen molar-refractivity contribution in [1.82, 2.24) is 0 Å². The molecule has 2 aromatic rings. The van der Waals surface area contributed by atoms with Crippen LogP contribution in [-0.4, -0.2) is 20.6 Å². The number of carbonyl (C=O) groups is 1. The lowest BCUT2D eigenvalue weighted by molar-refractivity contribution is -0.274. The van der Waals surface area contributed by atoms with Crippen LogP contribution in [-0.2, 0) is 10.0 Å². The van der Waals surface area contributed by atoms with Gasteiger partial charge in [-0.25, -0.2) is 8.42 Å². The first-order chi connectivity index (χ1) is 11.1. The van der Waals surface area contributed by atoms with Crippen molar-refractivity contribution in [3.05, 3.63) is 54.1 Å². The first-order valence-electron chi connectivity index (χ1n) is 6.56. The van der Waals surface area contributed by atoms with Crippen LogP contribution in [0.2, 0.25) is 0 Å². The number of ketones is 1. The predicted molar refractivity (Wildman–Crippen MR) is 80.4 cm³/mol. The molecule has 0 fully saturated rings. The fraction of sp³-hybridized carbons (Fsp3) is 0.133. The molecule has 0 aliphatic carbocycles. The zero-order valence-corrected chi connectivity index (χ0v) is 13.1. The third-order valence-corrected chi connectivity index (χ3v) is 4.27. The number of rotatable bonds is 5. The quantitative estimate of drug-likeness (QED) is 0.828. The summed E-state index contributed by atoms with van der Waals surface area (Å²) in [5, 5.41) is 0. The lowest BCUT2D eigenvalue weighted by atomic mass is 10.2. The maximum Gasteiger partial charge on any atom is 0.573 e. The molecule has 0 saturated heterocycles. The van der Waals surface area contributed by atoms with Crippen molar-refractivity contribution in [1.29, 1.82) is 0 Å². The van der Waals surface area contributed by atoms with Gasteiger partial charge in [0, 0.05) is 11.3 Å². The van der Waals surface area contributed by atoms with Crippen LogP contribution in [0.3, 0.4) is 0 Å². The number of Topliss-reactive ketones (excluding diaryl/α,β-unsaturated/α-hetero) is 1. The van der Waals surface area contributed by atoms with Gasteiger partial charge in [-0.2, -0.15) is 0 Å². The fourth-order valence-electron chi connectivity index (χ4n) is 1.82. The van der Waals surface area contributed by atoms with Crippen LogP contribution in [0.1, 0.15) is 17.3 Å². The Morgan fingerprint density at radius 1 is 1.08 bits per heavy atom. The lowest BCUT2D eigenvalue weighted by Crippen LogP contribution is -2.17. The average molecular weight is 359 g/mol. The van der Waals surface area contributed by atoms with Gasteiger partial charge in [0.25, 0.3) is 10.0 Å². The van der Waals surface area contributed by atoms with E-state index >= 15 is 0 Å². The van der Waals surface area contributed by atoms with Crippen LogP contribution in [0.4, 0.5) is 18.9 Å². The lowest BCUT2D eigenvalue weighted by Gasteiger charge is -2.11. The molecule has 2 aromatic carbocycles. The molecule has 128 valence electrons. The van der Waals surface area contributed by atoms with E-state index in [-0.39, 0.29) is 21.9 Å². The number of sulfonamides is 1. The van der Waals surface area contributed by atoms with Gasteiger partial charge in [-0.05, 0) is 43.3 Å². The molecule has 0 radical (unpaired) electrons. The highest BCUT2D eigenvalue weighted by Crippen LogP contribution is 2.25. The number of nitrogens with one attached hydrogen (secondary N) is 1. The Labute approximate surface area is 136 Å². The minimum absolute atomic E-state index is 0.0535. The molecule has 0 aromatic heterocycles. The summed E-state index contributed by atoms with van der Waals surface area (Å²) in [4.78, 5) is 11.2. The number of carbonyl (C=O) groups excluding carboxylic acids is 1. The van der Waals surface area contributed by atoms with Crippen molar-refractivity contribution >= 4 is 21.5 Å². The van der Waals surface area contributed by atoms with Crippen LogP contribution in [0.15, 0.2) is 53.4 Å². The Hall–Kier alpha value is -2.55. The molecule has 0 aliphatic rings. The summed E-state index contributed by atoms with van der Waals surface area (Å²) in [6.45, 7) is 1.30. The summed E-state index contributed by atoms with van der Waals surface area (Å²) in [7, 11) is -3.98. The van der Waals surface area contributed by atoms with Gasteiger partial charge >= 0.3 is 6.36 Å². The van der Waals surface area contributed by atoms with E-state index in [9.17, 15) is 26.4 Å². The van der Waals surface area contributed by atoms with Crippen molar-refractivity contribution in [2.45, 2.75) is 18.2 Å². The number of ether oxygens (including phenoxy) is 1. The summed E-state index contributed by atoms with van der Waals surface area (Å²) in [6, 6.07) is 9.65. The summed E-state index contributed by atoms with van der Waals surface area (Å²) >= 11 is 0. The molecule has 0 aliphatic heterocycles. The van der Waals surface area contributed by atoms with Crippen LogP contribution >= 0.6 is 0 Å². The molecule has 24 heavy (non-hydrogen) atoms. The average Bonchev–Trinajstić information content (AvgIpc) is 2.48. The Morgan fingerprint density at radius 2 is 1.71 bits per heavy atom. The number of anilines is 1. The largest absolute Gasteiger partial charge is 0.573 e. The van der Waals surface area contributed by atoms with Crippen molar-refractivity contribution < 1.29 is 31.1 Å². The molecule has 0 heterocycles. The molecular formula is C15H12F3NO4S. The van der Waals surface area contributed by atoms with Crippen LogP contribution in [0, 0.1) is 0 Å². The van der Waals surface area contributed by atoms with Gasteiger partial charge < -0.3 is 4.74 Å². The van der Waals surface area contributed by atoms with E-state index in [1.165, 1.54) is 31.2 Å². The fourth-order valence-corrected chi connectivity index (χ4v) is 2.93. The topological polar surface area (TPSA) is 72.5 Å². The third kappa shape index (κ3) is 4.72. The maximum absolute atomic E-state index is 12.3. The highest BCUT2D eigenvalue weighted by atomic mass is 32.2. The highest BCUT2D eigenvalue weighted by molar-refractivity contribution is 7.92. The zero-order chi connectivity index (χ0) is 18.0. The van der Waals surface area contributed by atoms with Crippen LogP contribution in [0.25, 0.3) is 0 Å². The summed E-state index contributed by atoms with van der Waals surface area (Å²) in [5.41, 5.74) is 0.282. The summed E-state index contributed by atoms with van der Waals surface area (Å²) in [6.07, 6.45) is -4.83. The van der Waals surface area contributed by atoms with Gasteiger partial charge in [0.05, 0.1) is 4.90 Å². The van der Waals surface area contributed by atoms with Crippen LogP contribution < -0.4 is 9.46 Å². The first-order valence-corrected chi connectivity index (χ1v) is 8.05. The SMILES string of the molecule is CC(=O)c1cccc(S(=O)(=O)Nc2ccc(OC(F)(F)F)cc2)c1. The van der Waals surface area contributed by atoms with E-state index in [2.05, 4.69) is 9.46 Å². The van der Waals surface area contributed by atoms with E-state index in [4.69, 9.17) is 0 Å². The van der Waals surface area contributed by atoms with Gasteiger partial charge in [0.1, 0.15) is 5.75 Å². The zero-order valence-electron chi connectivity index (χ0n) is 12.3. The van der Waals surface area contributed by atoms with E-state index in [1.54, 1.807) is 0 Å². The van der Waals surface area contributed by atoms with Gasteiger partial charge in [0.2, 0.25) is 0 Å². The molecule has 0 unspecified atom stereocenters. The van der Waals surface area contributed by atoms with E-state index in [0.29, 0.717) is 0 Å². The van der Waals surface area contributed by atoms with Gasteiger partial charge in [-0.3, -0.25) is 9.52 Å². The second-order valence-electron chi connectivity index (χ2n) is 4.76. The van der Waals surface area contributed by atoms with E-state index in [1.807, 2.05) is 0 Å². The molecule has 5 nitrogen and oxygen atoms in total. The van der Waals surface area contributed by atoms with Crippen molar-refractivity contribution in [2.75, 3.05) is 4.72 Å². The Morgan fingerprint density at radius 3 is 2.25 bits per heavy atom. The minimum Gasteiger partial charge on any atom is -0.406 e. The first kappa shape index (κ1) is 17.8. The second-order valence-corrected chi connectivity index (χ2v) is 6.44. The number of benzene rings is 2. The normalized spacial score (nSPS) is 11.8. The Balaban J connectivity index is 2.20. The van der Waals surface area contributed by atoms with Gasteiger partial charge in [-0.15, -0.1) is 13.2 Å². The van der Waals surface area contributed by atoms with Crippen molar-refractivity contribution in [2.24, 2.45) is 0 Å². The number of halogens is 3. The molecule has 0 atom stereocenters. The Kier molecular flexibility index (Phi) is 4.83. The van der Waals surface area contributed by atoms with Gasteiger partial charge in [-0.1, -0.05) is 12.1 Å². The minimum atomic E-state index is -4.83. The van der Waals surface area contributed by atoms with Crippen molar-refractivity contribution in [3.8, 4) is 5.75 Å². The number of hydrogen-bond donors (Lipinski definition) is 1. The van der Waals surface area contributed by atoms with E-state index < -0.39 is 22.1 Å². The molecule has 1 N–H and O–H groups in total. The highest BCUT2D eigenvalue weighted by Gasteiger charge is 2.31. The molecule has 0 amide bonds. The van der Waals surface area contributed by atoms with Gasteiger partial charge in [0.15, 0.2) is 5.78 Å². The smallest absolute Gasteiger partial charge is 0.406 e. The summed E-state index contributed by atoms with van der Waals surface area (Å²) < 4.78 is 66.7. The molecule has 0 spiro atoms. The standard InChI is InChI=1S/C15H12F3NO4S/c1-10(20)11-3-2-4-14(9-11)24(21,22)19-12-5-7-13(8-6-12)23-15(16,17)18/h2-9,19H,1H3. The molecule has 0 saturated carbocycles. The summed E-state index contributed by atoms with van der Waals surface area (Å²) in [5.74, 6) is -0.760. The Bertz CT molecular complexity index is 846. The van der Waals surface area contributed by atoms with Crippen molar-refractivity contribution in [3.63, 3.8) is 0 Å². The van der Waals surface area contributed by atoms with Crippen LogP contribution in [0.5, 0.6) is 5.75 Å². The molecule has 2 rings (SSSR count). The monoisotopic (exact) mass is 359 g/mol. The molecule has 0 bridgehead atoms. The molecular weight excluding hydrogens is 347 g/mol. The molecule has 9 heteroatoms.